The van der Waals surface area contributed by atoms with Gasteiger partial charge >= 0.3 is 12.1 Å². The van der Waals surface area contributed by atoms with Gasteiger partial charge in [0, 0.05) is 23.6 Å². The average Bonchev–Trinajstić information content (AvgIpc) is 4.06. The van der Waals surface area contributed by atoms with Crippen LogP contribution in [0.4, 0.5) is 17.6 Å². The summed E-state index contributed by atoms with van der Waals surface area (Å²) in [6, 6.07) is 5.98. The molecule has 4 aliphatic rings. The number of pyridine rings is 1. The Balaban J connectivity index is 1.35. The van der Waals surface area contributed by atoms with Crippen molar-refractivity contribution in [3.63, 3.8) is 0 Å². The Morgan fingerprint density at radius 1 is 1.03 bits per heavy atom. The highest BCUT2D eigenvalue weighted by Crippen LogP contribution is 2.59. The molecule has 2 aliphatic heterocycles. The fourth-order valence-corrected chi connectivity index (χ4v) is 10.3. The Morgan fingerprint density at radius 3 is 2.34 bits per heavy atom. The number of aromatic nitrogens is 1. The molecule has 58 heavy (non-hydrogen) atoms. The minimum Gasteiger partial charge on any atom is -0.494 e. The lowest BCUT2D eigenvalue weighted by molar-refractivity contribution is -0.257. The summed E-state index contributed by atoms with van der Waals surface area (Å²) in [6.07, 6.45) is -1.92. The number of nitrogens with zero attached hydrogens (tertiary/aromatic N) is 2. The first-order valence-corrected chi connectivity index (χ1v) is 21.5. The van der Waals surface area contributed by atoms with Gasteiger partial charge in [-0.2, -0.15) is 13.2 Å². The van der Waals surface area contributed by atoms with Crippen LogP contribution in [0.25, 0.3) is 10.8 Å². The fraction of sp³-hybridized carbons (Fsp3) is 0.683. The van der Waals surface area contributed by atoms with Crippen LogP contribution >= 0.6 is 0 Å². The van der Waals surface area contributed by atoms with Gasteiger partial charge in [0.1, 0.15) is 23.3 Å². The second kappa shape index (κ2) is 16.2. The van der Waals surface area contributed by atoms with Crippen molar-refractivity contribution >= 4 is 44.4 Å². The molecule has 2 amide bonds. The summed E-state index contributed by atoms with van der Waals surface area (Å²) < 4.78 is 98.8. The zero-order valence-electron chi connectivity index (χ0n) is 33.5. The second-order valence-electron chi connectivity index (χ2n) is 17.5. The molecule has 0 unspecified atom stereocenters. The van der Waals surface area contributed by atoms with Gasteiger partial charge in [-0.3, -0.25) is 23.9 Å². The third kappa shape index (κ3) is 8.65. The van der Waals surface area contributed by atoms with Crippen LogP contribution in [0.3, 0.4) is 0 Å². The average molecular weight is 840 g/mol. The van der Waals surface area contributed by atoms with Crippen molar-refractivity contribution in [1.29, 1.82) is 0 Å². The zero-order chi connectivity index (χ0) is 42.4. The molecule has 1 aromatic carbocycles. The monoisotopic (exact) mass is 839 g/mol. The summed E-state index contributed by atoms with van der Waals surface area (Å²) in [6.45, 7) is 3.89. The summed E-state index contributed by atoms with van der Waals surface area (Å²) in [4.78, 5) is 62.4. The van der Waals surface area contributed by atoms with Crippen molar-refractivity contribution in [2.24, 2.45) is 29.1 Å². The number of hydrogen-bond acceptors (Lipinski definition) is 10. The molecule has 0 bridgehead atoms. The van der Waals surface area contributed by atoms with Crippen molar-refractivity contribution in [2.75, 3.05) is 20.3 Å². The number of ketones is 1. The lowest BCUT2D eigenvalue weighted by atomic mass is 9.81. The van der Waals surface area contributed by atoms with E-state index < -0.39 is 99.0 Å². The Bertz CT molecular complexity index is 2020. The lowest BCUT2D eigenvalue weighted by Gasteiger charge is -2.33. The molecule has 1 aromatic heterocycles. The molecule has 7 atom stereocenters. The van der Waals surface area contributed by atoms with Gasteiger partial charge in [-0.25, -0.2) is 17.8 Å². The van der Waals surface area contributed by atoms with E-state index in [1.807, 2.05) is 19.1 Å². The summed E-state index contributed by atoms with van der Waals surface area (Å²) in [5.41, 5.74) is -4.24. The zero-order valence-corrected chi connectivity index (χ0v) is 34.3. The number of hydrogen-bond donors (Lipinski definition) is 1. The molecule has 12 nitrogen and oxygen atoms in total. The molecule has 17 heteroatoms. The van der Waals surface area contributed by atoms with E-state index in [1.54, 1.807) is 19.1 Å². The third-order valence-corrected chi connectivity index (χ3v) is 15.0. The van der Waals surface area contributed by atoms with Gasteiger partial charge in [-0.15, -0.1) is 0 Å². The van der Waals surface area contributed by atoms with Gasteiger partial charge in [0.15, 0.2) is 5.78 Å². The Labute approximate surface area is 336 Å². The molecule has 2 aliphatic carbocycles. The molecule has 6 rings (SSSR count). The molecule has 4 fully saturated rings. The number of rotatable bonds is 10. The fourth-order valence-electron chi connectivity index (χ4n) is 8.80. The number of Topliss-reactive ketones (excluding diaryl/α,β-unsaturated/α-hetero) is 1. The first-order chi connectivity index (χ1) is 27.2. The molecule has 2 aromatic rings. The van der Waals surface area contributed by atoms with Crippen LogP contribution in [0.1, 0.15) is 98.3 Å². The highest BCUT2D eigenvalue weighted by molar-refractivity contribution is 7.91. The van der Waals surface area contributed by atoms with E-state index in [1.165, 1.54) is 18.2 Å². The predicted octanol–water partition coefficient (Wildman–Crippen LogP) is 6.63. The van der Waals surface area contributed by atoms with Crippen LogP contribution in [-0.2, 0) is 33.9 Å². The van der Waals surface area contributed by atoms with Crippen LogP contribution in [-0.4, -0.2) is 90.9 Å². The van der Waals surface area contributed by atoms with Gasteiger partial charge in [0.2, 0.25) is 33.3 Å². The topological polar surface area (TPSA) is 158 Å². The van der Waals surface area contributed by atoms with Gasteiger partial charge in [-0.1, -0.05) is 51.3 Å². The number of carbonyl (C=O) groups is 4. The Kier molecular flexibility index (Phi) is 12.2. The van der Waals surface area contributed by atoms with Crippen LogP contribution in [0.15, 0.2) is 30.5 Å². The van der Waals surface area contributed by atoms with Crippen molar-refractivity contribution in [2.45, 2.75) is 127 Å². The summed E-state index contributed by atoms with van der Waals surface area (Å²) in [5, 5.41) is 1.29. The van der Waals surface area contributed by atoms with E-state index in [0.717, 1.165) is 20.3 Å². The lowest BCUT2D eigenvalue weighted by Crippen LogP contribution is -2.49. The van der Waals surface area contributed by atoms with Crippen molar-refractivity contribution < 1.29 is 59.4 Å². The number of sulfonamides is 1. The standard InChI is InChI=1S/C41H53F4N3O9S/c1-24-10-6-7-11-26-19-40(26,37(52)47-58(53,54)39(23-42)14-15-39)20-32(49)31-17-27(56-35-29-13-9-8-12-28(29)33(55-5)21-46-35)22-48(31)36(51)30(25(2)16-24)18-34(50)57-38(3,4)41(43,44)45/h8-9,12-13,21,24-27,30-31H,6-7,10-11,14-20,22-23H2,1-5H3,(H,47,52)/t24-,25-,26-,27-,30+,31+,40-/m1/s1. The maximum atomic E-state index is 14.8. The van der Waals surface area contributed by atoms with Crippen molar-refractivity contribution in [3.8, 4) is 11.6 Å². The normalized spacial score (nSPS) is 29.4. The third-order valence-electron chi connectivity index (χ3n) is 12.9. The first-order valence-electron chi connectivity index (χ1n) is 20.0. The second-order valence-corrected chi connectivity index (χ2v) is 19.6. The number of esters is 1. The number of carbonyl (C=O) groups excluding carboxylic acids is 4. The van der Waals surface area contributed by atoms with Crippen molar-refractivity contribution in [1.82, 2.24) is 14.6 Å². The molecule has 320 valence electrons. The predicted molar refractivity (Wildman–Crippen MR) is 204 cm³/mol. The van der Waals surface area contributed by atoms with Crippen LogP contribution in [0.2, 0.25) is 0 Å². The molecule has 2 saturated carbocycles. The van der Waals surface area contributed by atoms with E-state index >= 15 is 0 Å². The number of alkyl halides is 4. The van der Waals surface area contributed by atoms with Crippen LogP contribution in [0, 0.1) is 29.1 Å². The SMILES string of the molecule is COc1cnc(O[C@@H]2C[C@H]3C(=O)C[C@]4(C(=O)NS(=O)(=O)C5(CF)CC5)C[C@H]4CCCC[C@@H](C)C[C@@H](C)[C@H](CC(=O)OC(C)(C)C(F)(F)F)C(=O)N3C2)c2ccccc12. The molecule has 0 radical (unpaired) electrons. The van der Waals surface area contributed by atoms with E-state index in [9.17, 15) is 45.2 Å². The minimum absolute atomic E-state index is 0.0346. The summed E-state index contributed by atoms with van der Waals surface area (Å²) >= 11 is 0. The first kappa shape index (κ1) is 43.6. The largest absolute Gasteiger partial charge is 0.494 e. The quantitative estimate of drug-likeness (QED) is 0.203. The van der Waals surface area contributed by atoms with Gasteiger partial charge in [-0.05, 0) is 69.8 Å². The number of nitrogens with one attached hydrogen (secondary N) is 1. The van der Waals surface area contributed by atoms with Crippen LogP contribution in [0.5, 0.6) is 11.6 Å². The van der Waals surface area contributed by atoms with Gasteiger partial charge in [0.05, 0.1) is 43.6 Å². The van der Waals surface area contributed by atoms with Gasteiger partial charge in [0.25, 0.3) is 0 Å². The molecule has 1 N–H and O–H groups in total. The maximum Gasteiger partial charge on any atom is 0.427 e. The van der Waals surface area contributed by atoms with E-state index in [2.05, 4.69) is 9.71 Å². The Morgan fingerprint density at radius 2 is 1.71 bits per heavy atom. The smallest absolute Gasteiger partial charge is 0.427 e. The van der Waals surface area contributed by atoms with E-state index in [4.69, 9.17) is 14.2 Å². The number of fused-ring (bicyclic) bond motifs is 3. The number of methoxy groups -OCH3 is 1. The van der Waals surface area contributed by atoms with E-state index in [0.29, 0.717) is 42.2 Å². The highest BCUT2D eigenvalue weighted by Gasteiger charge is 2.64. The van der Waals surface area contributed by atoms with Crippen LogP contribution < -0.4 is 14.2 Å². The minimum atomic E-state index is -4.88. The highest BCUT2D eigenvalue weighted by atomic mass is 32.2. The molecule has 2 saturated heterocycles. The molecule has 3 heterocycles. The molecular formula is C41H53F4N3O9S. The Hall–Kier alpha value is -4.02. The number of halogens is 4. The number of ether oxygens (including phenoxy) is 3. The summed E-state index contributed by atoms with van der Waals surface area (Å²) in [5.74, 6) is -4.59. The number of benzene rings is 1. The maximum absolute atomic E-state index is 14.8. The molecular weight excluding hydrogens is 787 g/mol. The van der Waals surface area contributed by atoms with E-state index in [-0.39, 0.29) is 49.9 Å². The summed E-state index contributed by atoms with van der Waals surface area (Å²) in [7, 11) is -2.89. The van der Waals surface area contributed by atoms with Crippen molar-refractivity contribution in [3.05, 3.63) is 30.5 Å². The number of amides is 2. The van der Waals surface area contributed by atoms with Gasteiger partial charge < -0.3 is 19.1 Å². The molecule has 0 spiro atoms.